The molecule has 1 heterocycles. The Hall–Kier alpha value is -0.830. The van der Waals surface area contributed by atoms with E-state index in [1.54, 1.807) is 5.57 Å². The number of halogens is 1. The van der Waals surface area contributed by atoms with Gasteiger partial charge in [0.1, 0.15) is 0 Å². The van der Waals surface area contributed by atoms with E-state index in [0.717, 1.165) is 44.2 Å². The fourth-order valence-electron chi connectivity index (χ4n) is 3.23. The van der Waals surface area contributed by atoms with Crippen molar-refractivity contribution in [3.63, 3.8) is 0 Å². The van der Waals surface area contributed by atoms with Crippen molar-refractivity contribution >= 4 is 11.6 Å². The Morgan fingerprint density at radius 2 is 1.95 bits per heavy atom. The van der Waals surface area contributed by atoms with E-state index in [4.69, 9.17) is 11.6 Å². The van der Waals surface area contributed by atoms with E-state index in [1.807, 2.05) is 6.08 Å². The maximum absolute atomic E-state index is 6.04. The van der Waals surface area contributed by atoms with Gasteiger partial charge in [-0.1, -0.05) is 35.9 Å². The van der Waals surface area contributed by atoms with Crippen LogP contribution < -0.4 is 5.32 Å². The maximum Gasteiger partial charge on any atom is 0.0363 e. The Balaban J connectivity index is 1.67. The molecule has 2 aliphatic carbocycles. The summed E-state index contributed by atoms with van der Waals surface area (Å²) in [6.45, 7) is 5.67. The minimum absolute atomic E-state index is 0.520. The Kier molecular flexibility index (Phi) is 4.77. The predicted molar refractivity (Wildman–Crippen MR) is 85.9 cm³/mol. The predicted octanol–water partition coefficient (Wildman–Crippen LogP) is 3.24. The summed E-state index contributed by atoms with van der Waals surface area (Å²) in [6.07, 6.45) is 14.8. The van der Waals surface area contributed by atoms with Crippen molar-refractivity contribution in [1.29, 1.82) is 0 Å². The lowest BCUT2D eigenvalue weighted by molar-refractivity contribution is 0.259. The molecular weight excluding hydrogens is 268 g/mol. The molecule has 20 heavy (non-hydrogen) atoms. The van der Waals surface area contributed by atoms with Crippen LogP contribution in [0.4, 0.5) is 0 Å². The van der Waals surface area contributed by atoms with Crippen molar-refractivity contribution in [2.75, 3.05) is 32.7 Å². The molecule has 1 N–H and O–H groups in total. The molecule has 0 saturated carbocycles. The molecule has 3 aliphatic rings. The Morgan fingerprint density at radius 1 is 1.15 bits per heavy atom. The standard InChI is InChI=1S/C17H23ClN2/c18-16-7-5-14(6-8-16)17-4-2-1-3-15(17)13-20-11-9-19-10-12-20/h3-5,7-8,14,19H,1-2,6,9-13H2. The summed E-state index contributed by atoms with van der Waals surface area (Å²) >= 11 is 6.04. The van der Waals surface area contributed by atoms with Crippen LogP contribution in [0, 0.1) is 5.92 Å². The van der Waals surface area contributed by atoms with Crippen LogP contribution in [0.2, 0.25) is 0 Å². The van der Waals surface area contributed by atoms with E-state index in [2.05, 4.69) is 34.5 Å². The fraction of sp³-hybridized carbons (Fsp3) is 0.529. The average Bonchev–Trinajstić information content (AvgIpc) is 2.50. The summed E-state index contributed by atoms with van der Waals surface area (Å²) in [4.78, 5) is 2.57. The Bertz CT molecular complexity index is 467. The summed E-state index contributed by atoms with van der Waals surface area (Å²) in [5.41, 5.74) is 3.07. The molecule has 0 spiro atoms. The van der Waals surface area contributed by atoms with E-state index < -0.39 is 0 Å². The van der Waals surface area contributed by atoms with Gasteiger partial charge in [-0.2, -0.15) is 0 Å². The van der Waals surface area contributed by atoms with Gasteiger partial charge in [-0.25, -0.2) is 0 Å². The highest BCUT2D eigenvalue weighted by molar-refractivity contribution is 6.31. The summed E-state index contributed by atoms with van der Waals surface area (Å²) < 4.78 is 0. The van der Waals surface area contributed by atoms with Crippen molar-refractivity contribution in [2.45, 2.75) is 19.3 Å². The maximum atomic E-state index is 6.04. The molecule has 0 aromatic carbocycles. The third kappa shape index (κ3) is 3.43. The molecule has 0 bridgehead atoms. The van der Waals surface area contributed by atoms with Crippen LogP contribution in [0.3, 0.4) is 0 Å². The lowest BCUT2D eigenvalue weighted by atomic mass is 9.83. The largest absolute Gasteiger partial charge is 0.314 e. The van der Waals surface area contributed by atoms with Crippen LogP contribution in [0.5, 0.6) is 0 Å². The van der Waals surface area contributed by atoms with Crippen LogP contribution >= 0.6 is 11.6 Å². The number of hydrogen-bond donors (Lipinski definition) is 1. The van der Waals surface area contributed by atoms with Crippen molar-refractivity contribution in [1.82, 2.24) is 10.2 Å². The van der Waals surface area contributed by atoms with Crippen molar-refractivity contribution in [3.8, 4) is 0 Å². The van der Waals surface area contributed by atoms with Gasteiger partial charge in [0, 0.05) is 43.7 Å². The second-order valence-corrected chi connectivity index (χ2v) is 6.22. The number of piperazine rings is 1. The number of hydrogen-bond acceptors (Lipinski definition) is 2. The second-order valence-electron chi connectivity index (χ2n) is 5.78. The number of allylic oxidation sites excluding steroid dienone is 6. The van der Waals surface area contributed by atoms with Crippen molar-refractivity contribution in [3.05, 3.63) is 46.6 Å². The summed E-state index contributed by atoms with van der Waals surface area (Å²) in [6, 6.07) is 0. The van der Waals surface area contributed by atoms with E-state index >= 15 is 0 Å². The average molecular weight is 291 g/mol. The van der Waals surface area contributed by atoms with E-state index in [0.29, 0.717) is 5.92 Å². The van der Waals surface area contributed by atoms with Crippen LogP contribution in [0.15, 0.2) is 46.6 Å². The Morgan fingerprint density at radius 3 is 2.70 bits per heavy atom. The summed E-state index contributed by atoms with van der Waals surface area (Å²) in [5, 5.41) is 4.30. The van der Waals surface area contributed by atoms with Gasteiger partial charge in [0.15, 0.2) is 0 Å². The highest BCUT2D eigenvalue weighted by atomic mass is 35.5. The van der Waals surface area contributed by atoms with E-state index in [1.165, 1.54) is 18.4 Å². The lowest BCUT2D eigenvalue weighted by Crippen LogP contribution is -2.44. The highest BCUT2D eigenvalue weighted by Crippen LogP contribution is 2.32. The van der Waals surface area contributed by atoms with E-state index in [-0.39, 0.29) is 0 Å². The molecule has 1 unspecified atom stereocenters. The molecule has 1 atom stereocenters. The van der Waals surface area contributed by atoms with Crippen LogP contribution in [-0.4, -0.2) is 37.6 Å². The van der Waals surface area contributed by atoms with Crippen molar-refractivity contribution in [2.24, 2.45) is 5.92 Å². The zero-order valence-electron chi connectivity index (χ0n) is 11.9. The zero-order valence-corrected chi connectivity index (χ0v) is 12.7. The molecule has 0 radical (unpaired) electrons. The fourth-order valence-corrected chi connectivity index (χ4v) is 3.39. The number of nitrogens with zero attached hydrogens (tertiary/aromatic N) is 1. The molecule has 2 nitrogen and oxygen atoms in total. The first-order valence-electron chi connectivity index (χ1n) is 7.69. The molecule has 1 fully saturated rings. The minimum atomic E-state index is 0.520. The molecule has 3 rings (SSSR count). The van der Waals surface area contributed by atoms with Gasteiger partial charge in [-0.15, -0.1) is 0 Å². The molecule has 108 valence electrons. The third-order valence-electron chi connectivity index (χ3n) is 4.35. The minimum Gasteiger partial charge on any atom is -0.314 e. The van der Waals surface area contributed by atoms with E-state index in [9.17, 15) is 0 Å². The third-order valence-corrected chi connectivity index (χ3v) is 4.63. The van der Waals surface area contributed by atoms with Gasteiger partial charge in [0.25, 0.3) is 0 Å². The monoisotopic (exact) mass is 290 g/mol. The second kappa shape index (κ2) is 6.75. The highest BCUT2D eigenvalue weighted by Gasteiger charge is 2.21. The van der Waals surface area contributed by atoms with Gasteiger partial charge >= 0.3 is 0 Å². The Labute approximate surface area is 126 Å². The molecular formula is C17H23ClN2. The van der Waals surface area contributed by atoms with Gasteiger partial charge in [0.05, 0.1) is 0 Å². The van der Waals surface area contributed by atoms with Crippen molar-refractivity contribution < 1.29 is 0 Å². The quantitative estimate of drug-likeness (QED) is 0.858. The lowest BCUT2D eigenvalue weighted by Gasteiger charge is -2.31. The molecule has 1 aliphatic heterocycles. The smallest absolute Gasteiger partial charge is 0.0363 e. The van der Waals surface area contributed by atoms with Gasteiger partial charge in [-0.3, -0.25) is 4.90 Å². The number of nitrogens with one attached hydrogen (secondary N) is 1. The first-order valence-corrected chi connectivity index (χ1v) is 8.07. The molecule has 3 heteroatoms. The van der Waals surface area contributed by atoms with Gasteiger partial charge in [-0.05, 0) is 36.5 Å². The van der Waals surface area contributed by atoms with Crippen LogP contribution in [0.1, 0.15) is 19.3 Å². The SMILES string of the molecule is ClC1=CCC(C2=CCCC=C2CN2CCNCC2)C=C1. The van der Waals surface area contributed by atoms with Gasteiger partial charge in [0.2, 0.25) is 0 Å². The topological polar surface area (TPSA) is 15.3 Å². The molecule has 0 aromatic rings. The first-order chi connectivity index (χ1) is 9.83. The summed E-state index contributed by atoms with van der Waals surface area (Å²) in [5.74, 6) is 0.520. The summed E-state index contributed by atoms with van der Waals surface area (Å²) in [7, 11) is 0. The van der Waals surface area contributed by atoms with Crippen LogP contribution in [-0.2, 0) is 0 Å². The van der Waals surface area contributed by atoms with Gasteiger partial charge < -0.3 is 5.32 Å². The normalized spacial score (nSPS) is 27.9. The van der Waals surface area contributed by atoms with Crippen LogP contribution in [0.25, 0.3) is 0 Å². The molecule has 0 aromatic heterocycles. The zero-order chi connectivity index (χ0) is 13.8. The molecule has 1 saturated heterocycles. The first kappa shape index (κ1) is 14.1. The molecule has 0 amide bonds. The number of rotatable bonds is 3.